The van der Waals surface area contributed by atoms with Gasteiger partial charge in [-0.2, -0.15) is 0 Å². The number of esters is 2. The second-order valence-electron chi connectivity index (χ2n) is 8.70. The van der Waals surface area contributed by atoms with Crippen LogP contribution in [0, 0.1) is 0 Å². The molecule has 5 atom stereocenters. The third-order valence-corrected chi connectivity index (χ3v) is 6.03. The quantitative estimate of drug-likeness (QED) is 0.301. The van der Waals surface area contributed by atoms with Crippen molar-refractivity contribution < 1.29 is 48.0 Å². The number of amides is 1. The summed E-state index contributed by atoms with van der Waals surface area (Å²) in [7, 11) is 1.22. The number of hydrogen-bond acceptors (Lipinski definition) is 9. The highest BCUT2D eigenvalue weighted by atomic mass is 16.7. The van der Waals surface area contributed by atoms with Crippen molar-refractivity contribution in [1.29, 1.82) is 0 Å². The average molecular weight is 550 g/mol. The zero-order chi connectivity index (χ0) is 28.5. The first kappa shape index (κ1) is 28.3. The van der Waals surface area contributed by atoms with Crippen LogP contribution in [0.4, 0.5) is 4.79 Å². The first-order valence-electron chi connectivity index (χ1n) is 12.3. The summed E-state index contributed by atoms with van der Waals surface area (Å²) in [6.45, 7) is -0.0729. The first-order chi connectivity index (χ1) is 19.4. The fourth-order valence-electron chi connectivity index (χ4n) is 4.09. The molecule has 11 nitrogen and oxygen atoms in total. The van der Waals surface area contributed by atoms with Crippen molar-refractivity contribution >= 4 is 24.0 Å². The Morgan fingerprint density at radius 3 is 1.77 bits per heavy atom. The Morgan fingerprint density at radius 2 is 1.27 bits per heavy atom. The standard InChI is InChI=1S/C29H27NO10/c1-36-28-21(30-29(35)37-17-18-11-5-2-6-12-18)22(38-26(33)19-13-7-3-8-14-19)23(24(40-28)25(31)32)39-27(34)20-15-9-4-10-16-20/h2-16,21-24,28H,17H2,1H3,(H,30,35)(H,31,32)/t21-,22-,23+,24+,28+/m1/s1. The second-order valence-corrected chi connectivity index (χ2v) is 8.70. The maximum absolute atomic E-state index is 13.1. The van der Waals surface area contributed by atoms with E-state index >= 15 is 0 Å². The smallest absolute Gasteiger partial charge is 0.407 e. The highest BCUT2D eigenvalue weighted by Crippen LogP contribution is 2.29. The number of aliphatic carboxylic acids is 1. The van der Waals surface area contributed by atoms with E-state index in [9.17, 15) is 24.3 Å². The number of alkyl carbamates (subject to hydrolysis) is 1. The summed E-state index contributed by atoms with van der Waals surface area (Å²) in [5, 5.41) is 12.5. The minimum absolute atomic E-state index is 0.0729. The van der Waals surface area contributed by atoms with Crippen LogP contribution in [0.5, 0.6) is 0 Å². The topological polar surface area (TPSA) is 147 Å². The molecular weight excluding hydrogens is 522 g/mol. The van der Waals surface area contributed by atoms with Gasteiger partial charge in [-0.3, -0.25) is 0 Å². The second kappa shape index (κ2) is 13.4. The molecular formula is C29H27NO10. The number of carboxylic acids is 1. The molecule has 1 amide bonds. The molecule has 1 aliphatic heterocycles. The van der Waals surface area contributed by atoms with Crippen molar-refractivity contribution in [3.05, 3.63) is 108 Å². The van der Waals surface area contributed by atoms with Crippen LogP contribution in [-0.2, 0) is 35.1 Å². The SMILES string of the molecule is CO[C@H]1O[C@H](C(=O)O)[C@@H](OC(=O)c2ccccc2)[C@H](OC(=O)c2ccccc2)[C@H]1NC(=O)OCc1ccccc1. The van der Waals surface area contributed by atoms with Crippen molar-refractivity contribution in [2.75, 3.05) is 7.11 Å². The lowest BCUT2D eigenvalue weighted by Gasteiger charge is -2.43. The third kappa shape index (κ3) is 7.01. The summed E-state index contributed by atoms with van der Waals surface area (Å²) >= 11 is 0. The van der Waals surface area contributed by atoms with E-state index in [2.05, 4.69) is 5.32 Å². The number of hydrogen-bond donors (Lipinski definition) is 2. The molecule has 0 aliphatic carbocycles. The first-order valence-corrected chi connectivity index (χ1v) is 12.3. The molecule has 3 aromatic rings. The Hall–Kier alpha value is -4.74. The predicted octanol–water partition coefficient (Wildman–Crippen LogP) is 3.19. The van der Waals surface area contributed by atoms with E-state index in [-0.39, 0.29) is 17.7 Å². The normalized spacial score (nSPS) is 22.0. The highest BCUT2D eigenvalue weighted by Gasteiger charge is 2.54. The van der Waals surface area contributed by atoms with Gasteiger partial charge in [0.2, 0.25) is 0 Å². The van der Waals surface area contributed by atoms with E-state index in [0.29, 0.717) is 5.56 Å². The monoisotopic (exact) mass is 549 g/mol. The van der Waals surface area contributed by atoms with Crippen LogP contribution in [0.2, 0.25) is 0 Å². The van der Waals surface area contributed by atoms with Gasteiger partial charge in [-0.1, -0.05) is 66.7 Å². The Kier molecular flexibility index (Phi) is 9.44. The number of carbonyl (C=O) groups excluding carboxylic acids is 3. The molecule has 0 bridgehead atoms. The Balaban J connectivity index is 1.64. The number of rotatable bonds is 9. The summed E-state index contributed by atoms with van der Waals surface area (Å²) in [5.74, 6) is -3.24. The molecule has 1 saturated heterocycles. The number of ether oxygens (including phenoxy) is 5. The molecule has 1 heterocycles. The lowest BCUT2D eigenvalue weighted by Crippen LogP contribution is -2.67. The maximum atomic E-state index is 13.1. The highest BCUT2D eigenvalue weighted by molar-refractivity contribution is 5.91. The van der Waals surface area contributed by atoms with E-state index in [4.69, 9.17) is 23.7 Å². The average Bonchev–Trinajstić information content (AvgIpc) is 2.98. The van der Waals surface area contributed by atoms with Crippen LogP contribution in [0.1, 0.15) is 26.3 Å². The zero-order valence-electron chi connectivity index (χ0n) is 21.4. The molecule has 3 aromatic carbocycles. The van der Waals surface area contributed by atoms with Crippen molar-refractivity contribution in [3.63, 3.8) is 0 Å². The maximum Gasteiger partial charge on any atom is 0.407 e. The van der Waals surface area contributed by atoms with Gasteiger partial charge in [-0.25, -0.2) is 19.2 Å². The fourth-order valence-corrected chi connectivity index (χ4v) is 4.09. The predicted molar refractivity (Wildman–Crippen MR) is 138 cm³/mol. The van der Waals surface area contributed by atoms with E-state index in [1.165, 1.54) is 31.4 Å². The van der Waals surface area contributed by atoms with Gasteiger partial charge in [-0.05, 0) is 29.8 Å². The largest absolute Gasteiger partial charge is 0.479 e. The molecule has 0 saturated carbocycles. The number of nitrogens with one attached hydrogen (secondary N) is 1. The Morgan fingerprint density at radius 1 is 0.775 bits per heavy atom. The van der Waals surface area contributed by atoms with Crippen molar-refractivity contribution in [2.24, 2.45) is 0 Å². The number of carbonyl (C=O) groups is 4. The summed E-state index contributed by atoms with van der Waals surface area (Å²) in [6.07, 6.45) is -7.37. The van der Waals surface area contributed by atoms with Crippen LogP contribution in [0.25, 0.3) is 0 Å². The summed E-state index contributed by atoms with van der Waals surface area (Å²) in [4.78, 5) is 51.1. The zero-order valence-corrected chi connectivity index (χ0v) is 21.4. The van der Waals surface area contributed by atoms with Crippen molar-refractivity contribution in [3.8, 4) is 0 Å². The molecule has 2 N–H and O–H groups in total. The summed E-state index contributed by atoms with van der Waals surface area (Å²) in [5.41, 5.74) is 0.988. The Labute approximate surface area is 229 Å². The van der Waals surface area contributed by atoms with Gasteiger partial charge in [0.1, 0.15) is 12.6 Å². The fraction of sp³-hybridized carbons (Fsp3) is 0.241. The Bertz CT molecular complexity index is 1300. The minimum Gasteiger partial charge on any atom is -0.479 e. The van der Waals surface area contributed by atoms with Gasteiger partial charge in [-0.15, -0.1) is 0 Å². The van der Waals surface area contributed by atoms with E-state index in [1.54, 1.807) is 60.7 Å². The molecule has 0 aromatic heterocycles. The van der Waals surface area contributed by atoms with E-state index in [1.807, 2.05) is 6.07 Å². The van der Waals surface area contributed by atoms with Crippen molar-refractivity contribution in [2.45, 2.75) is 37.3 Å². The third-order valence-electron chi connectivity index (χ3n) is 6.03. The molecule has 4 rings (SSSR count). The molecule has 1 fully saturated rings. The van der Waals surface area contributed by atoms with E-state index in [0.717, 1.165) is 0 Å². The van der Waals surface area contributed by atoms with Gasteiger partial charge in [0.15, 0.2) is 24.6 Å². The van der Waals surface area contributed by atoms with Crippen LogP contribution in [-0.4, -0.2) is 66.9 Å². The molecule has 40 heavy (non-hydrogen) atoms. The van der Waals surface area contributed by atoms with Gasteiger partial charge >= 0.3 is 24.0 Å². The summed E-state index contributed by atoms with van der Waals surface area (Å²) in [6, 6.07) is 23.3. The van der Waals surface area contributed by atoms with Crippen LogP contribution in [0.15, 0.2) is 91.0 Å². The van der Waals surface area contributed by atoms with Crippen LogP contribution >= 0.6 is 0 Å². The lowest BCUT2D eigenvalue weighted by molar-refractivity contribution is -0.255. The minimum atomic E-state index is -1.80. The number of benzene rings is 3. The van der Waals surface area contributed by atoms with Gasteiger partial charge in [0.05, 0.1) is 11.1 Å². The van der Waals surface area contributed by atoms with E-state index < -0.39 is 54.6 Å². The lowest BCUT2D eigenvalue weighted by atomic mass is 9.95. The summed E-state index contributed by atoms with van der Waals surface area (Å²) < 4.78 is 27.5. The van der Waals surface area contributed by atoms with Crippen molar-refractivity contribution in [1.82, 2.24) is 5.32 Å². The molecule has 208 valence electrons. The molecule has 11 heteroatoms. The molecule has 0 spiro atoms. The van der Waals surface area contributed by atoms with Gasteiger partial charge in [0, 0.05) is 7.11 Å². The number of methoxy groups -OCH3 is 1. The van der Waals surface area contributed by atoms with Gasteiger partial charge < -0.3 is 34.1 Å². The van der Waals surface area contributed by atoms with Gasteiger partial charge in [0.25, 0.3) is 0 Å². The number of carboxylic acid groups (broad SMARTS) is 1. The van der Waals surface area contributed by atoms with Crippen LogP contribution in [0.3, 0.4) is 0 Å². The molecule has 1 aliphatic rings. The van der Waals surface area contributed by atoms with Crippen LogP contribution < -0.4 is 5.32 Å². The molecule has 0 radical (unpaired) electrons. The molecule has 0 unspecified atom stereocenters.